The highest BCUT2D eigenvalue weighted by molar-refractivity contribution is 6.15. The molecule has 3 nitrogen and oxygen atoms in total. The maximum absolute atomic E-state index is 13.0. The Hall–Kier alpha value is -1.90. The average Bonchev–Trinajstić information content (AvgIpc) is 2.81. The largest absolute Gasteiger partial charge is 0.465 e. The van der Waals surface area contributed by atoms with Gasteiger partial charge in [-0.3, -0.25) is 9.59 Å². The molecule has 20 heavy (non-hydrogen) atoms. The Morgan fingerprint density at radius 3 is 2.60 bits per heavy atom. The number of aryl methyl sites for hydroxylation is 1. The molecule has 1 aliphatic rings. The van der Waals surface area contributed by atoms with Crippen molar-refractivity contribution >= 4 is 11.8 Å². The third kappa shape index (κ3) is 2.17. The normalized spacial score (nSPS) is 21.8. The fourth-order valence-electron chi connectivity index (χ4n) is 2.88. The summed E-state index contributed by atoms with van der Waals surface area (Å²) in [5.74, 6) is -0.618. The summed E-state index contributed by atoms with van der Waals surface area (Å²) in [6.45, 7) is 7.87. The summed E-state index contributed by atoms with van der Waals surface area (Å²) in [6, 6.07) is 7.34. The average molecular weight is 272 g/mol. The Morgan fingerprint density at radius 2 is 2.05 bits per heavy atom. The van der Waals surface area contributed by atoms with Gasteiger partial charge in [-0.2, -0.15) is 0 Å². The van der Waals surface area contributed by atoms with Crippen LogP contribution in [0.5, 0.6) is 0 Å². The second-order valence-electron chi connectivity index (χ2n) is 5.23. The molecule has 1 aromatic rings. The Balaban J connectivity index is 2.48. The monoisotopic (exact) mass is 272 g/mol. The van der Waals surface area contributed by atoms with Crippen LogP contribution in [0.4, 0.5) is 0 Å². The van der Waals surface area contributed by atoms with Crippen molar-refractivity contribution in [3.05, 3.63) is 47.5 Å². The van der Waals surface area contributed by atoms with E-state index in [0.29, 0.717) is 24.0 Å². The molecular formula is C17H20O3. The van der Waals surface area contributed by atoms with Crippen LogP contribution in [0.2, 0.25) is 0 Å². The molecule has 1 saturated carbocycles. The van der Waals surface area contributed by atoms with Crippen molar-refractivity contribution in [2.24, 2.45) is 5.41 Å². The van der Waals surface area contributed by atoms with Crippen LogP contribution in [0.3, 0.4) is 0 Å². The number of ketones is 1. The van der Waals surface area contributed by atoms with Gasteiger partial charge < -0.3 is 4.74 Å². The van der Waals surface area contributed by atoms with Crippen molar-refractivity contribution in [2.45, 2.75) is 33.1 Å². The lowest BCUT2D eigenvalue weighted by Gasteiger charge is -2.27. The maximum atomic E-state index is 13.0. The molecule has 0 unspecified atom stereocenters. The molecule has 106 valence electrons. The van der Waals surface area contributed by atoms with E-state index in [1.807, 2.05) is 25.1 Å². The molecule has 0 saturated heterocycles. The molecule has 1 aromatic carbocycles. The standard InChI is InChI=1S/C17H20O3/c1-4-20-16(19)17(11-7-9-13(17)3)15(18)14-10-6-5-8-12(14)2/h5-6,8,10H,3-4,7,9,11H2,1-2H3/t17-/m1/s1. The Kier molecular flexibility index (Phi) is 4.07. The highest BCUT2D eigenvalue weighted by Crippen LogP contribution is 2.45. The minimum Gasteiger partial charge on any atom is -0.465 e. The van der Waals surface area contributed by atoms with Crippen LogP contribution in [0.25, 0.3) is 0 Å². The quantitative estimate of drug-likeness (QED) is 0.365. The fraction of sp³-hybridized carbons (Fsp3) is 0.412. The van der Waals surface area contributed by atoms with E-state index in [1.165, 1.54) is 0 Å². The second kappa shape index (κ2) is 5.61. The van der Waals surface area contributed by atoms with Crippen LogP contribution in [0, 0.1) is 12.3 Å². The van der Waals surface area contributed by atoms with E-state index in [-0.39, 0.29) is 12.4 Å². The zero-order chi connectivity index (χ0) is 14.8. The van der Waals surface area contributed by atoms with Crippen LogP contribution in [0.1, 0.15) is 42.1 Å². The van der Waals surface area contributed by atoms with E-state index in [2.05, 4.69) is 6.58 Å². The number of hydrogen-bond donors (Lipinski definition) is 0. The van der Waals surface area contributed by atoms with Crippen molar-refractivity contribution in [3.63, 3.8) is 0 Å². The van der Waals surface area contributed by atoms with E-state index in [1.54, 1.807) is 13.0 Å². The van der Waals surface area contributed by atoms with Crippen LogP contribution in [-0.2, 0) is 9.53 Å². The summed E-state index contributed by atoms with van der Waals surface area (Å²) in [7, 11) is 0. The molecule has 0 amide bonds. The number of rotatable bonds is 4. The van der Waals surface area contributed by atoms with Gasteiger partial charge in [-0.05, 0) is 38.7 Å². The molecule has 0 spiro atoms. The van der Waals surface area contributed by atoms with Gasteiger partial charge in [-0.25, -0.2) is 0 Å². The Bertz CT molecular complexity index is 559. The molecule has 2 rings (SSSR count). The molecule has 1 fully saturated rings. The third-order valence-electron chi connectivity index (χ3n) is 4.04. The van der Waals surface area contributed by atoms with E-state index < -0.39 is 11.4 Å². The second-order valence-corrected chi connectivity index (χ2v) is 5.23. The number of ether oxygens (including phenoxy) is 1. The molecule has 0 aromatic heterocycles. The van der Waals surface area contributed by atoms with Crippen molar-refractivity contribution in [2.75, 3.05) is 6.61 Å². The van der Waals surface area contributed by atoms with Gasteiger partial charge in [0.25, 0.3) is 0 Å². The van der Waals surface area contributed by atoms with Crippen molar-refractivity contribution in [1.82, 2.24) is 0 Å². The van der Waals surface area contributed by atoms with E-state index in [0.717, 1.165) is 12.0 Å². The molecule has 1 atom stereocenters. The Labute approximate surface area is 119 Å². The van der Waals surface area contributed by atoms with E-state index in [9.17, 15) is 9.59 Å². The zero-order valence-electron chi connectivity index (χ0n) is 12.1. The lowest BCUT2D eigenvalue weighted by Crippen LogP contribution is -2.40. The number of carbonyl (C=O) groups is 2. The molecule has 0 heterocycles. The number of esters is 1. The van der Waals surface area contributed by atoms with Crippen LogP contribution >= 0.6 is 0 Å². The lowest BCUT2D eigenvalue weighted by molar-refractivity contribution is -0.150. The van der Waals surface area contributed by atoms with Crippen molar-refractivity contribution < 1.29 is 14.3 Å². The van der Waals surface area contributed by atoms with Gasteiger partial charge in [0, 0.05) is 5.56 Å². The predicted molar refractivity (Wildman–Crippen MR) is 77.6 cm³/mol. The van der Waals surface area contributed by atoms with Crippen LogP contribution in [-0.4, -0.2) is 18.4 Å². The number of benzene rings is 1. The fourth-order valence-corrected chi connectivity index (χ4v) is 2.88. The molecule has 0 N–H and O–H groups in total. The number of carbonyl (C=O) groups excluding carboxylic acids is 2. The van der Waals surface area contributed by atoms with Gasteiger partial charge in [-0.15, -0.1) is 0 Å². The molecule has 0 aliphatic heterocycles. The molecule has 0 radical (unpaired) electrons. The first-order chi connectivity index (χ1) is 9.54. The van der Waals surface area contributed by atoms with Gasteiger partial charge in [0.05, 0.1) is 6.61 Å². The highest BCUT2D eigenvalue weighted by atomic mass is 16.5. The van der Waals surface area contributed by atoms with Crippen LogP contribution < -0.4 is 0 Å². The van der Waals surface area contributed by atoms with Crippen molar-refractivity contribution in [1.29, 1.82) is 0 Å². The molecule has 3 heteroatoms. The van der Waals surface area contributed by atoms with Gasteiger partial charge in [0.15, 0.2) is 11.2 Å². The van der Waals surface area contributed by atoms with Gasteiger partial charge in [0.2, 0.25) is 0 Å². The lowest BCUT2D eigenvalue weighted by atomic mass is 9.75. The molecule has 1 aliphatic carbocycles. The molecule has 0 bridgehead atoms. The minimum atomic E-state index is -1.18. The summed E-state index contributed by atoms with van der Waals surface area (Å²) in [5.41, 5.74) is 0.968. The van der Waals surface area contributed by atoms with E-state index in [4.69, 9.17) is 4.74 Å². The summed E-state index contributed by atoms with van der Waals surface area (Å²) in [4.78, 5) is 25.4. The first kappa shape index (κ1) is 14.5. The van der Waals surface area contributed by atoms with Crippen LogP contribution in [0.15, 0.2) is 36.4 Å². The smallest absolute Gasteiger partial charge is 0.324 e. The first-order valence-corrected chi connectivity index (χ1v) is 7.00. The highest BCUT2D eigenvalue weighted by Gasteiger charge is 2.52. The third-order valence-corrected chi connectivity index (χ3v) is 4.04. The maximum Gasteiger partial charge on any atom is 0.324 e. The first-order valence-electron chi connectivity index (χ1n) is 7.00. The zero-order valence-corrected chi connectivity index (χ0v) is 12.1. The predicted octanol–water partition coefficient (Wildman–Crippen LogP) is 3.47. The van der Waals surface area contributed by atoms with Crippen molar-refractivity contribution in [3.8, 4) is 0 Å². The Morgan fingerprint density at radius 1 is 1.35 bits per heavy atom. The van der Waals surface area contributed by atoms with Gasteiger partial charge in [0.1, 0.15) is 0 Å². The topological polar surface area (TPSA) is 43.4 Å². The van der Waals surface area contributed by atoms with Gasteiger partial charge >= 0.3 is 5.97 Å². The number of Topliss-reactive ketones (excluding diaryl/α,β-unsaturated/α-hetero) is 1. The minimum absolute atomic E-state index is 0.170. The summed E-state index contributed by atoms with van der Waals surface area (Å²) in [6.07, 6.45) is 2.00. The van der Waals surface area contributed by atoms with E-state index >= 15 is 0 Å². The van der Waals surface area contributed by atoms with Gasteiger partial charge in [-0.1, -0.05) is 36.4 Å². The SMILES string of the molecule is C=C1CCC[C@]1(C(=O)OCC)C(=O)c1ccccc1C. The molecular weight excluding hydrogens is 252 g/mol. The number of hydrogen-bond acceptors (Lipinski definition) is 3. The summed E-state index contributed by atoms with van der Waals surface area (Å²) in [5, 5.41) is 0. The summed E-state index contributed by atoms with van der Waals surface area (Å²) >= 11 is 0. The summed E-state index contributed by atoms with van der Waals surface area (Å²) < 4.78 is 5.16.